The fraction of sp³-hybridized carbons (Fsp3) is 0.385. The molecule has 0 radical (unpaired) electrons. The summed E-state index contributed by atoms with van der Waals surface area (Å²) in [6.07, 6.45) is -4.51. The second-order valence-electron chi connectivity index (χ2n) is 4.54. The van der Waals surface area contributed by atoms with E-state index in [1.807, 2.05) is 0 Å². The van der Waals surface area contributed by atoms with E-state index in [1.54, 1.807) is 0 Å². The number of carbonyl (C=O) groups is 2. The van der Waals surface area contributed by atoms with Gasteiger partial charge in [0.2, 0.25) is 5.91 Å². The molecule has 1 N–H and O–H groups in total. The van der Waals surface area contributed by atoms with E-state index in [2.05, 4.69) is 10.1 Å². The van der Waals surface area contributed by atoms with Crippen LogP contribution in [0.25, 0.3) is 0 Å². The molecule has 1 aliphatic heterocycles. The minimum atomic E-state index is -4.44. The number of halogens is 3. The Bertz CT molecular complexity index is 554. The second-order valence-corrected chi connectivity index (χ2v) is 4.54. The topological polar surface area (TPSA) is 55.4 Å². The summed E-state index contributed by atoms with van der Waals surface area (Å²) in [5, 5.41) is 2.50. The molecule has 0 aromatic heterocycles. The number of nitrogens with one attached hydrogen (secondary N) is 1. The van der Waals surface area contributed by atoms with Crippen LogP contribution >= 0.6 is 0 Å². The maximum absolute atomic E-state index is 12.6. The molecule has 1 aromatic carbocycles. The lowest BCUT2D eigenvalue weighted by Gasteiger charge is -2.24. The largest absolute Gasteiger partial charge is 0.469 e. The van der Waals surface area contributed by atoms with Gasteiger partial charge in [-0.15, -0.1) is 0 Å². The Hall–Kier alpha value is -2.05. The molecule has 1 atom stereocenters. The highest BCUT2D eigenvalue weighted by molar-refractivity contribution is 5.97. The molecule has 0 bridgehead atoms. The maximum Gasteiger partial charge on any atom is 0.416 e. The van der Waals surface area contributed by atoms with Crippen molar-refractivity contribution in [3.8, 4) is 0 Å². The van der Waals surface area contributed by atoms with Crippen molar-refractivity contribution in [3.63, 3.8) is 0 Å². The Kier molecular flexibility index (Phi) is 3.69. The van der Waals surface area contributed by atoms with Crippen LogP contribution in [0.5, 0.6) is 0 Å². The van der Waals surface area contributed by atoms with Gasteiger partial charge in [-0.1, -0.05) is 0 Å². The lowest BCUT2D eigenvalue weighted by atomic mass is 9.90. The number of hydrogen-bond acceptors (Lipinski definition) is 3. The fourth-order valence-electron chi connectivity index (χ4n) is 2.10. The lowest BCUT2D eigenvalue weighted by Crippen LogP contribution is -2.32. The zero-order valence-electron chi connectivity index (χ0n) is 10.6. The number of amides is 1. The Labute approximate surface area is 112 Å². The van der Waals surface area contributed by atoms with Crippen molar-refractivity contribution in [1.29, 1.82) is 0 Å². The van der Waals surface area contributed by atoms with Crippen LogP contribution in [0, 0.1) is 5.92 Å². The molecule has 1 heterocycles. The highest BCUT2D eigenvalue weighted by Gasteiger charge is 2.34. The third-order valence-electron chi connectivity index (χ3n) is 3.17. The van der Waals surface area contributed by atoms with Gasteiger partial charge in [-0.25, -0.2) is 0 Å². The smallest absolute Gasteiger partial charge is 0.416 e. The number of alkyl halides is 3. The van der Waals surface area contributed by atoms with Gasteiger partial charge >= 0.3 is 12.1 Å². The summed E-state index contributed by atoms with van der Waals surface area (Å²) in [7, 11) is 1.19. The van der Waals surface area contributed by atoms with Gasteiger partial charge in [0.15, 0.2) is 0 Å². The Morgan fingerprint density at radius 2 is 2.15 bits per heavy atom. The molecule has 108 valence electrons. The minimum Gasteiger partial charge on any atom is -0.469 e. The monoisotopic (exact) mass is 287 g/mol. The van der Waals surface area contributed by atoms with E-state index in [0.29, 0.717) is 11.3 Å². The standard InChI is InChI=1S/C13H12F3NO3/c1-20-11(18)6-8-4-7-5-9(13(14,15)16)2-3-10(7)17-12(8)19/h2-3,5,8H,4,6H2,1H3,(H,17,19). The molecule has 1 aliphatic rings. The van der Waals surface area contributed by atoms with Crippen LogP contribution in [0.1, 0.15) is 17.5 Å². The summed E-state index contributed by atoms with van der Waals surface area (Å²) in [6.45, 7) is 0. The molecule has 4 nitrogen and oxygen atoms in total. The van der Waals surface area contributed by atoms with Crippen molar-refractivity contribution in [1.82, 2.24) is 0 Å². The number of rotatable bonds is 2. The Balaban J connectivity index is 2.26. The number of hydrogen-bond donors (Lipinski definition) is 1. The van der Waals surface area contributed by atoms with Crippen LogP contribution in [0.4, 0.5) is 18.9 Å². The first-order valence-corrected chi connectivity index (χ1v) is 5.89. The quantitative estimate of drug-likeness (QED) is 0.850. The van der Waals surface area contributed by atoms with Crippen LogP contribution in [0.3, 0.4) is 0 Å². The molecule has 1 aromatic rings. The summed E-state index contributed by atoms with van der Waals surface area (Å²) in [5.41, 5.74) is -0.0540. The molecule has 1 amide bonds. The van der Waals surface area contributed by atoms with E-state index < -0.39 is 23.6 Å². The number of esters is 1. The molecule has 7 heteroatoms. The Morgan fingerprint density at radius 3 is 2.75 bits per heavy atom. The zero-order valence-corrected chi connectivity index (χ0v) is 10.6. The van der Waals surface area contributed by atoms with Crippen molar-refractivity contribution < 1.29 is 27.5 Å². The number of benzene rings is 1. The molecular formula is C13H12F3NO3. The first-order valence-electron chi connectivity index (χ1n) is 5.89. The van der Waals surface area contributed by atoms with E-state index in [-0.39, 0.29) is 18.7 Å². The molecule has 20 heavy (non-hydrogen) atoms. The average Bonchev–Trinajstić information content (AvgIpc) is 2.37. The fourth-order valence-corrected chi connectivity index (χ4v) is 2.10. The normalized spacial score (nSPS) is 18.2. The van der Waals surface area contributed by atoms with Crippen LogP contribution < -0.4 is 5.32 Å². The first-order chi connectivity index (χ1) is 9.31. The highest BCUT2D eigenvalue weighted by atomic mass is 19.4. The molecular weight excluding hydrogens is 275 g/mol. The lowest BCUT2D eigenvalue weighted by molar-refractivity contribution is -0.143. The number of anilines is 1. The third kappa shape index (κ3) is 2.92. The van der Waals surface area contributed by atoms with Crippen molar-refractivity contribution in [3.05, 3.63) is 29.3 Å². The Morgan fingerprint density at radius 1 is 1.45 bits per heavy atom. The summed E-state index contributed by atoms with van der Waals surface area (Å²) < 4.78 is 42.4. The number of fused-ring (bicyclic) bond motifs is 1. The maximum atomic E-state index is 12.6. The van der Waals surface area contributed by atoms with Crippen LogP contribution in [-0.2, 0) is 26.9 Å². The van der Waals surface area contributed by atoms with E-state index in [4.69, 9.17) is 0 Å². The predicted molar refractivity (Wildman–Crippen MR) is 63.9 cm³/mol. The number of ether oxygens (including phenoxy) is 1. The molecule has 0 spiro atoms. The van der Waals surface area contributed by atoms with Gasteiger partial charge in [0, 0.05) is 5.69 Å². The van der Waals surface area contributed by atoms with Crippen LogP contribution in [0.15, 0.2) is 18.2 Å². The minimum absolute atomic E-state index is 0.0835. The highest BCUT2D eigenvalue weighted by Crippen LogP contribution is 2.34. The third-order valence-corrected chi connectivity index (χ3v) is 3.17. The van der Waals surface area contributed by atoms with Gasteiger partial charge in [-0.2, -0.15) is 13.2 Å². The molecule has 0 aliphatic carbocycles. The van der Waals surface area contributed by atoms with Gasteiger partial charge in [-0.05, 0) is 30.2 Å². The van der Waals surface area contributed by atoms with Gasteiger partial charge in [0.25, 0.3) is 0 Å². The molecule has 2 rings (SSSR count). The summed E-state index contributed by atoms with van der Waals surface area (Å²) in [6, 6.07) is 3.14. The van der Waals surface area contributed by atoms with E-state index >= 15 is 0 Å². The number of methoxy groups -OCH3 is 1. The predicted octanol–water partition coefficient (Wildman–Crippen LogP) is 2.38. The van der Waals surface area contributed by atoms with Gasteiger partial charge < -0.3 is 10.1 Å². The van der Waals surface area contributed by atoms with Crippen LogP contribution in [-0.4, -0.2) is 19.0 Å². The van der Waals surface area contributed by atoms with Crippen molar-refractivity contribution in [2.24, 2.45) is 5.92 Å². The average molecular weight is 287 g/mol. The van der Waals surface area contributed by atoms with E-state index in [9.17, 15) is 22.8 Å². The van der Waals surface area contributed by atoms with Gasteiger partial charge in [0.1, 0.15) is 0 Å². The van der Waals surface area contributed by atoms with Gasteiger partial charge in [0.05, 0.1) is 25.0 Å². The van der Waals surface area contributed by atoms with Crippen molar-refractivity contribution >= 4 is 17.6 Å². The van der Waals surface area contributed by atoms with E-state index in [1.165, 1.54) is 13.2 Å². The molecule has 1 unspecified atom stereocenters. The summed E-state index contributed by atoms with van der Waals surface area (Å²) in [5.74, 6) is -1.67. The molecule has 0 saturated carbocycles. The molecule has 0 fully saturated rings. The molecule has 0 saturated heterocycles. The summed E-state index contributed by atoms with van der Waals surface area (Å²) in [4.78, 5) is 22.9. The van der Waals surface area contributed by atoms with E-state index in [0.717, 1.165) is 12.1 Å². The van der Waals surface area contributed by atoms with Crippen molar-refractivity contribution in [2.45, 2.75) is 19.0 Å². The van der Waals surface area contributed by atoms with Crippen molar-refractivity contribution in [2.75, 3.05) is 12.4 Å². The first kappa shape index (κ1) is 14.4. The van der Waals surface area contributed by atoms with Gasteiger partial charge in [-0.3, -0.25) is 9.59 Å². The SMILES string of the molecule is COC(=O)CC1Cc2cc(C(F)(F)F)ccc2NC1=O. The van der Waals surface area contributed by atoms with Crippen LogP contribution in [0.2, 0.25) is 0 Å². The number of carbonyl (C=O) groups excluding carboxylic acids is 2. The summed E-state index contributed by atoms with van der Waals surface area (Å²) >= 11 is 0. The zero-order chi connectivity index (χ0) is 14.9. The second kappa shape index (κ2) is 5.15.